The van der Waals surface area contributed by atoms with E-state index in [0.29, 0.717) is 11.1 Å². The van der Waals surface area contributed by atoms with Crippen molar-refractivity contribution >= 4 is 29.2 Å². The molecule has 7 nitrogen and oxygen atoms in total. The van der Waals surface area contributed by atoms with E-state index >= 15 is 0 Å². The minimum Gasteiger partial charge on any atom is -0.467 e. The van der Waals surface area contributed by atoms with Crippen LogP contribution in [0.3, 0.4) is 0 Å². The number of aryl methyl sites for hydroxylation is 1. The molecule has 0 unspecified atom stereocenters. The van der Waals surface area contributed by atoms with E-state index < -0.39 is 22.8 Å². The number of non-ortho nitro benzene ring substituents is 1. The molecule has 26 heavy (non-hydrogen) atoms. The smallest absolute Gasteiger partial charge is 0.328 e. The molecular weight excluding hydrogens is 360 g/mol. The molecule has 0 fully saturated rings. The minimum atomic E-state index is -0.954. The summed E-state index contributed by atoms with van der Waals surface area (Å²) in [6.07, 6.45) is 0.125. The Kier molecular flexibility index (Phi) is 6.30. The van der Waals surface area contributed by atoms with E-state index in [1.807, 2.05) is 0 Å². The monoisotopic (exact) mass is 376 g/mol. The van der Waals surface area contributed by atoms with Gasteiger partial charge in [0.2, 0.25) is 0 Å². The quantitative estimate of drug-likeness (QED) is 0.474. The molecule has 0 aliphatic rings. The number of nitrogens with zero attached hydrogens (tertiary/aromatic N) is 1. The van der Waals surface area contributed by atoms with Gasteiger partial charge in [-0.05, 0) is 24.1 Å². The van der Waals surface area contributed by atoms with Crippen LogP contribution in [0.2, 0.25) is 5.02 Å². The van der Waals surface area contributed by atoms with Crippen molar-refractivity contribution in [1.29, 1.82) is 0 Å². The number of methoxy groups -OCH3 is 1. The van der Waals surface area contributed by atoms with Gasteiger partial charge in [-0.1, -0.05) is 35.9 Å². The average molecular weight is 377 g/mol. The molecule has 8 heteroatoms. The van der Waals surface area contributed by atoms with E-state index in [9.17, 15) is 19.7 Å². The highest BCUT2D eigenvalue weighted by Crippen LogP contribution is 2.20. The lowest BCUT2D eigenvalue weighted by Crippen LogP contribution is -2.43. The van der Waals surface area contributed by atoms with Crippen LogP contribution in [0.15, 0.2) is 42.5 Å². The van der Waals surface area contributed by atoms with Gasteiger partial charge < -0.3 is 10.1 Å². The molecule has 0 radical (unpaired) electrons. The maximum atomic E-state index is 12.6. The van der Waals surface area contributed by atoms with Crippen LogP contribution in [-0.2, 0) is 16.0 Å². The number of ether oxygens (including phenoxy) is 1. The van der Waals surface area contributed by atoms with Gasteiger partial charge in [0.25, 0.3) is 11.6 Å². The first-order chi connectivity index (χ1) is 12.3. The molecule has 0 bridgehead atoms. The highest BCUT2D eigenvalue weighted by Gasteiger charge is 2.24. The van der Waals surface area contributed by atoms with Crippen molar-refractivity contribution in [2.45, 2.75) is 19.4 Å². The molecular formula is C18H17ClN2O5. The summed E-state index contributed by atoms with van der Waals surface area (Å²) in [6, 6.07) is 9.83. The fourth-order valence-corrected chi connectivity index (χ4v) is 2.78. The van der Waals surface area contributed by atoms with Gasteiger partial charge >= 0.3 is 5.97 Å². The van der Waals surface area contributed by atoms with Crippen molar-refractivity contribution in [3.05, 3.63) is 74.3 Å². The summed E-state index contributed by atoms with van der Waals surface area (Å²) in [7, 11) is 1.22. The molecule has 1 N–H and O–H groups in total. The minimum absolute atomic E-state index is 0.0564. The molecule has 1 atom stereocenters. The van der Waals surface area contributed by atoms with E-state index in [2.05, 4.69) is 5.32 Å². The Morgan fingerprint density at radius 2 is 1.88 bits per heavy atom. The fourth-order valence-electron chi connectivity index (χ4n) is 2.47. The first-order valence-corrected chi connectivity index (χ1v) is 8.08. The molecule has 0 saturated heterocycles. The maximum Gasteiger partial charge on any atom is 0.328 e. The highest BCUT2D eigenvalue weighted by molar-refractivity contribution is 6.34. The zero-order valence-electron chi connectivity index (χ0n) is 14.2. The SMILES string of the molecule is COC(=O)[C@H](Cc1ccc([N+](=O)[O-])cc1)NC(=O)c1c(C)cccc1Cl. The van der Waals surface area contributed by atoms with Gasteiger partial charge in [-0.2, -0.15) is 0 Å². The molecule has 0 heterocycles. The third-order valence-corrected chi connectivity index (χ3v) is 4.14. The lowest BCUT2D eigenvalue weighted by Gasteiger charge is -2.18. The van der Waals surface area contributed by atoms with Crippen LogP contribution in [-0.4, -0.2) is 30.0 Å². The van der Waals surface area contributed by atoms with E-state index in [1.165, 1.54) is 31.4 Å². The summed E-state index contributed by atoms with van der Waals surface area (Å²) in [5.41, 5.74) is 1.54. The average Bonchev–Trinajstić information content (AvgIpc) is 2.60. The normalized spacial score (nSPS) is 11.5. The predicted molar refractivity (Wildman–Crippen MR) is 96.3 cm³/mol. The molecule has 0 aliphatic heterocycles. The highest BCUT2D eigenvalue weighted by atomic mass is 35.5. The first-order valence-electron chi connectivity index (χ1n) is 7.70. The van der Waals surface area contributed by atoms with Crippen LogP contribution in [0.5, 0.6) is 0 Å². The van der Waals surface area contributed by atoms with Crippen LogP contribution in [0, 0.1) is 17.0 Å². The third kappa shape index (κ3) is 4.58. The van der Waals surface area contributed by atoms with Gasteiger partial charge in [0.05, 0.1) is 22.6 Å². The van der Waals surface area contributed by atoms with Crippen molar-refractivity contribution in [3.8, 4) is 0 Å². The van der Waals surface area contributed by atoms with Gasteiger partial charge in [-0.15, -0.1) is 0 Å². The molecule has 2 aromatic carbocycles. The first kappa shape index (κ1) is 19.4. The Hall–Kier alpha value is -2.93. The molecule has 0 aliphatic carbocycles. The molecule has 0 aromatic heterocycles. The molecule has 136 valence electrons. The Morgan fingerprint density at radius 3 is 2.42 bits per heavy atom. The van der Waals surface area contributed by atoms with Crippen LogP contribution < -0.4 is 5.32 Å². The lowest BCUT2D eigenvalue weighted by molar-refractivity contribution is -0.384. The number of hydrogen-bond acceptors (Lipinski definition) is 5. The van der Waals surface area contributed by atoms with Crippen molar-refractivity contribution in [1.82, 2.24) is 5.32 Å². The van der Waals surface area contributed by atoms with E-state index in [-0.39, 0.29) is 22.7 Å². The number of esters is 1. The number of carbonyl (C=O) groups excluding carboxylic acids is 2. The Morgan fingerprint density at radius 1 is 1.23 bits per heavy atom. The molecule has 1 amide bonds. The number of nitrogens with one attached hydrogen (secondary N) is 1. The Balaban J connectivity index is 2.21. The zero-order chi connectivity index (χ0) is 19.3. The molecule has 2 aromatic rings. The van der Waals surface area contributed by atoms with E-state index in [4.69, 9.17) is 16.3 Å². The third-order valence-electron chi connectivity index (χ3n) is 3.83. The van der Waals surface area contributed by atoms with Gasteiger partial charge in [-0.3, -0.25) is 14.9 Å². The zero-order valence-corrected chi connectivity index (χ0v) is 14.9. The van der Waals surface area contributed by atoms with Gasteiger partial charge in [-0.25, -0.2) is 4.79 Å². The fraction of sp³-hybridized carbons (Fsp3) is 0.222. The number of nitro benzene ring substituents is 1. The largest absolute Gasteiger partial charge is 0.467 e. The number of nitro groups is 1. The second-order valence-corrected chi connectivity index (χ2v) is 6.02. The molecule has 0 saturated carbocycles. The summed E-state index contributed by atoms with van der Waals surface area (Å²) in [5, 5.41) is 13.6. The Labute approximate surface area is 155 Å². The van der Waals surface area contributed by atoms with Crippen molar-refractivity contribution in [2.24, 2.45) is 0 Å². The van der Waals surface area contributed by atoms with Gasteiger partial charge in [0.15, 0.2) is 0 Å². The topological polar surface area (TPSA) is 98.5 Å². The van der Waals surface area contributed by atoms with Crippen molar-refractivity contribution in [3.63, 3.8) is 0 Å². The van der Waals surface area contributed by atoms with Gasteiger partial charge in [0, 0.05) is 18.6 Å². The standard InChI is InChI=1S/C18H17ClN2O5/c1-11-4-3-5-14(19)16(11)17(22)20-15(18(23)26-2)10-12-6-8-13(9-7-12)21(24)25/h3-9,15H,10H2,1-2H3,(H,20,22)/t15-/m0/s1. The van der Waals surface area contributed by atoms with Crippen molar-refractivity contribution in [2.75, 3.05) is 7.11 Å². The molecule has 2 rings (SSSR count). The van der Waals surface area contributed by atoms with E-state index in [1.54, 1.807) is 25.1 Å². The van der Waals surface area contributed by atoms with Gasteiger partial charge in [0.1, 0.15) is 6.04 Å². The van der Waals surface area contributed by atoms with Crippen LogP contribution in [0.25, 0.3) is 0 Å². The van der Waals surface area contributed by atoms with E-state index in [0.717, 1.165) is 0 Å². The van der Waals surface area contributed by atoms with Crippen LogP contribution >= 0.6 is 11.6 Å². The second-order valence-electron chi connectivity index (χ2n) is 5.61. The predicted octanol–water partition coefficient (Wildman–Crippen LogP) is 3.07. The summed E-state index contributed by atoms with van der Waals surface area (Å²) in [6.45, 7) is 1.74. The number of halogens is 1. The second kappa shape index (κ2) is 8.44. The number of hydrogen-bond donors (Lipinski definition) is 1. The summed E-state index contributed by atoms with van der Waals surface area (Å²) >= 11 is 6.09. The summed E-state index contributed by atoms with van der Waals surface area (Å²) in [5.74, 6) is -1.12. The molecule has 0 spiro atoms. The van der Waals surface area contributed by atoms with Crippen molar-refractivity contribution < 1.29 is 19.2 Å². The maximum absolute atomic E-state index is 12.6. The van der Waals surface area contributed by atoms with Crippen LogP contribution in [0.1, 0.15) is 21.5 Å². The number of amides is 1. The lowest BCUT2D eigenvalue weighted by atomic mass is 10.0. The summed E-state index contributed by atoms with van der Waals surface area (Å²) in [4.78, 5) is 34.8. The Bertz CT molecular complexity index is 816. The summed E-state index contributed by atoms with van der Waals surface area (Å²) < 4.78 is 4.75. The number of benzene rings is 2. The number of rotatable bonds is 6. The van der Waals surface area contributed by atoms with Crippen LogP contribution in [0.4, 0.5) is 5.69 Å². The number of carbonyl (C=O) groups is 2.